The lowest BCUT2D eigenvalue weighted by Gasteiger charge is -2.42. The van der Waals surface area contributed by atoms with Crippen molar-refractivity contribution in [3.8, 4) is 0 Å². The van der Waals surface area contributed by atoms with Crippen LogP contribution in [-0.4, -0.2) is 21.6 Å². The van der Waals surface area contributed by atoms with Crippen LogP contribution in [0.15, 0.2) is 0 Å². The van der Waals surface area contributed by atoms with E-state index in [4.69, 9.17) is 4.31 Å². The maximum absolute atomic E-state index is 6.63. The van der Waals surface area contributed by atoms with Gasteiger partial charge >= 0.3 is 0 Å². The van der Waals surface area contributed by atoms with Gasteiger partial charge in [-0.05, 0) is 11.3 Å². The summed E-state index contributed by atoms with van der Waals surface area (Å²) in [5, 5.41) is 0.564. The highest BCUT2D eigenvalue weighted by atomic mass is 31.2. The van der Waals surface area contributed by atoms with E-state index in [1.165, 1.54) is 0 Å². The lowest BCUT2D eigenvalue weighted by atomic mass is 10.3. The SMILES string of the molecule is CC(C)P(OP(C(C)C)C(C)(C)C)C(C)(C)C. The molecule has 104 valence electrons. The highest BCUT2D eigenvalue weighted by Gasteiger charge is 2.36. The van der Waals surface area contributed by atoms with Crippen molar-refractivity contribution in [1.29, 1.82) is 0 Å². The normalized spacial score (nSPS) is 17.6. The van der Waals surface area contributed by atoms with Crippen molar-refractivity contribution < 1.29 is 4.31 Å². The number of hydrogen-bond acceptors (Lipinski definition) is 1. The lowest BCUT2D eigenvalue weighted by molar-refractivity contribution is 0.566. The minimum absolute atomic E-state index is 0.282. The molecule has 1 nitrogen and oxygen atoms in total. The van der Waals surface area contributed by atoms with Crippen molar-refractivity contribution in [2.24, 2.45) is 0 Å². The van der Waals surface area contributed by atoms with Gasteiger partial charge in [-0.2, -0.15) is 0 Å². The Labute approximate surface area is 112 Å². The van der Waals surface area contributed by atoms with Crippen LogP contribution >= 0.6 is 16.3 Å². The average molecular weight is 278 g/mol. The Kier molecular flexibility index (Phi) is 6.62. The molecule has 0 radical (unpaired) electrons. The summed E-state index contributed by atoms with van der Waals surface area (Å²) in [5.41, 5.74) is 1.27. The van der Waals surface area contributed by atoms with Gasteiger partial charge in [0.2, 0.25) is 0 Å². The van der Waals surface area contributed by atoms with Crippen LogP contribution in [0.5, 0.6) is 0 Å². The zero-order chi connectivity index (χ0) is 14.0. The molecule has 3 heteroatoms. The Morgan fingerprint density at radius 2 is 0.882 bits per heavy atom. The summed E-state index contributed by atoms with van der Waals surface area (Å²) >= 11 is 0. The van der Waals surface area contributed by atoms with E-state index in [1.807, 2.05) is 0 Å². The number of hydrogen-bond donors (Lipinski definition) is 0. The fraction of sp³-hybridized carbons (Fsp3) is 1.00. The Morgan fingerprint density at radius 3 is 1.00 bits per heavy atom. The second-order valence-corrected chi connectivity index (χ2v) is 14.0. The third kappa shape index (κ3) is 6.00. The Morgan fingerprint density at radius 1 is 0.647 bits per heavy atom. The van der Waals surface area contributed by atoms with Crippen LogP contribution in [0.3, 0.4) is 0 Å². The van der Waals surface area contributed by atoms with Crippen molar-refractivity contribution >= 4 is 16.3 Å². The molecule has 0 rings (SSSR count). The van der Waals surface area contributed by atoms with Gasteiger partial charge in [-0.3, -0.25) is 0 Å². The molecular weight excluding hydrogens is 246 g/mol. The fourth-order valence-electron chi connectivity index (χ4n) is 2.08. The molecule has 0 fully saturated rings. The molecule has 2 atom stereocenters. The molecule has 2 unspecified atom stereocenters. The van der Waals surface area contributed by atoms with E-state index < -0.39 is 0 Å². The first-order valence-electron chi connectivity index (χ1n) is 6.64. The summed E-state index contributed by atoms with van der Waals surface area (Å²) in [6.45, 7) is 23.1. The van der Waals surface area contributed by atoms with E-state index in [2.05, 4.69) is 69.2 Å². The summed E-state index contributed by atoms with van der Waals surface area (Å²) in [6.07, 6.45) is 0. The second-order valence-electron chi connectivity index (χ2n) is 7.26. The second kappa shape index (κ2) is 6.31. The first-order valence-corrected chi connectivity index (χ1v) is 9.30. The van der Waals surface area contributed by atoms with Crippen molar-refractivity contribution in [2.75, 3.05) is 0 Å². The largest absolute Gasteiger partial charge is 0.336 e. The molecule has 0 N–H and O–H groups in total. The molecule has 0 saturated carbocycles. The van der Waals surface area contributed by atoms with Crippen LogP contribution in [0, 0.1) is 0 Å². The maximum Gasteiger partial charge on any atom is 0.0422 e. The highest BCUT2D eigenvalue weighted by Crippen LogP contribution is 2.68. The first kappa shape index (κ1) is 17.8. The van der Waals surface area contributed by atoms with Gasteiger partial charge in [-0.15, -0.1) is 0 Å². The molecular formula is C14H32OP2. The number of rotatable bonds is 4. The van der Waals surface area contributed by atoms with Crippen molar-refractivity contribution in [1.82, 2.24) is 0 Å². The van der Waals surface area contributed by atoms with Crippen molar-refractivity contribution in [3.05, 3.63) is 0 Å². The minimum Gasteiger partial charge on any atom is -0.336 e. The molecule has 0 aliphatic heterocycles. The Hall–Kier alpha value is 0.820. The van der Waals surface area contributed by atoms with Gasteiger partial charge in [0.05, 0.1) is 0 Å². The zero-order valence-electron chi connectivity index (χ0n) is 13.5. The average Bonchev–Trinajstić information content (AvgIpc) is 1.96. The first-order chi connectivity index (χ1) is 7.37. The summed E-state index contributed by atoms with van der Waals surface area (Å²) in [4.78, 5) is 0. The molecule has 0 aliphatic rings. The molecule has 0 bridgehead atoms. The molecule has 0 spiro atoms. The lowest BCUT2D eigenvalue weighted by Crippen LogP contribution is -2.23. The van der Waals surface area contributed by atoms with E-state index in [9.17, 15) is 0 Å². The quantitative estimate of drug-likeness (QED) is 0.555. The van der Waals surface area contributed by atoms with Crippen LogP contribution in [0.2, 0.25) is 0 Å². The monoisotopic (exact) mass is 278 g/mol. The van der Waals surface area contributed by atoms with Gasteiger partial charge < -0.3 is 4.31 Å². The van der Waals surface area contributed by atoms with E-state index in [-0.39, 0.29) is 26.6 Å². The molecule has 0 aromatic carbocycles. The predicted molar refractivity (Wildman–Crippen MR) is 84.7 cm³/mol. The summed E-state index contributed by atoms with van der Waals surface area (Å²) in [7, 11) is -0.736. The topological polar surface area (TPSA) is 9.23 Å². The van der Waals surface area contributed by atoms with E-state index in [1.54, 1.807) is 0 Å². The standard InChI is InChI=1S/C14H32OP2/c1-11(2)16(13(5,6)7)15-17(12(3)4)14(8,9)10/h11-12H,1-10H3. The van der Waals surface area contributed by atoms with Crippen LogP contribution in [0.1, 0.15) is 69.2 Å². The van der Waals surface area contributed by atoms with Crippen molar-refractivity contribution in [3.63, 3.8) is 0 Å². The summed E-state index contributed by atoms with van der Waals surface area (Å²) in [6, 6.07) is 0. The molecule has 0 amide bonds. The third-order valence-corrected chi connectivity index (χ3v) is 8.36. The van der Waals surface area contributed by atoms with Gasteiger partial charge in [0.15, 0.2) is 0 Å². The molecule has 0 aliphatic carbocycles. The van der Waals surface area contributed by atoms with Crippen LogP contribution in [0.4, 0.5) is 0 Å². The molecule has 17 heavy (non-hydrogen) atoms. The fourth-order valence-corrected chi connectivity index (χ4v) is 9.40. The summed E-state index contributed by atoms with van der Waals surface area (Å²) < 4.78 is 6.63. The third-order valence-electron chi connectivity index (χ3n) is 2.44. The van der Waals surface area contributed by atoms with Crippen LogP contribution in [-0.2, 0) is 4.31 Å². The van der Waals surface area contributed by atoms with E-state index in [0.717, 1.165) is 0 Å². The Bertz CT molecular complexity index is 199. The van der Waals surface area contributed by atoms with Gasteiger partial charge in [0.25, 0.3) is 0 Å². The smallest absolute Gasteiger partial charge is 0.0422 e. The molecule has 0 aromatic heterocycles. The maximum atomic E-state index is 6.63. The predicted octanol–water partition coefficient (Wildman–Crippen LogP) is 6.21. The summed E-state index contributed by atoms with van der Waals surface area (Å²) in [5.74, 6) is 0. The van der Waals surface area contributed by atoms with Gasteiger partial charge in [-0.1, -0.05) is 69.2 Å². The van der Waals surface area contributed by atoms with E-state index >= 15 is 0 Å². The van der Waals surface area contributed by atoms with Crippen molar-refractivity contribution in [2.45, 2.75) is 90.9 Å². The van der Waals surface area contributed by atoms with Gasteiger partial charge in [0, 0.05) is 26.6 Å². The molecule has 0 saturated heterocycles. The Balaban J connectivity index is 4.96. The zero-order valence-corrected chi connectivity index (χ0v) is 15.2. The van der Waals surface area contributed by atoms with Gasteiger partial charge in [-0.25, -0.2) is 0 Å². The minimum atomic E-state index is -0.368. The van der Waals surface area contributed by atoms with Gasteiger partial charge in [0.1, 0.15) is 0 Å². The molecule has 0 aromatic rings. The van der Waals surface area contributed by atoms with E-state index in [0.29, 0.717) is 11.3 Å². The van der Waals surface area contributed by atoms with Crippen LogP contribution in [0.25, 0.3) is 0 Å². The molecule has 0 heterocycles. The highest BCUT2D eigenvalue weighted by molar-refractivity contribution is 7.68. The van der Waals surface area contributed by atoms with Crippen LogP contribution < -0.4 is 0 Å².